The Bertz CT molecular complexity index is 347. The SMILES string of the molecule is CCC(Nc1cnc(Br)c(C)c1)C1CC1. The molecule has 15 heavy (non-hydrogen) atoms. The number of rotatable bonds is 4. The number of anilines is 1. The van der Waals surface area contributed by atoms with Crippen molar-refractivity contribution in [3.05, 3.63) is 22.4 Å². The number of hydrogen-bond donors (Lipinski definition) is 1. The average molecular weight is 269 g/mol. The van der Waals surface area contributed by atoms with Gasteiger partial charge in [-0.1, -0.05) is 6.92 Å². The van der Waals surface area contributed by atoms with Crippen molar-refractivity contribution in [2.24, 2.45) is 5.92 Å². The first kappa shape index (κ1) is 10.9. The van der Waals surface area contributed by atoms with Crippen LogP contribution < -0.4 is 5.32 Å². The maximum atomic E-state index is 4.30. The molecule has 1 atom stereocenters. The minimum absolute atomic E-state index is 0.632. The number of hydrogen-bond acceptors (Lipinski definition) is 2. The number of aromatic nitrogens is 1. The van der Waals surface area contributed by atoms with Gasteiger partial charge in [0.2, 0.25) is 0 Å². The second-order valence-corrected chi connectivity index (χ2v) is 5.08. The lowest BCUT2D eigenvalue weighted by Crippen LogP contribution is -2.20. The molecule has 1 aromatic heterocycles. The molecule has 0 amide bonds. The fourth-order valence-corrected chi connectivity index (χ4v) is 2.12. The highest BCUT2D eigenvalue weighted by atomic mass is 79.9. The van der Waals surface area contributed by atoms with Gasteiger partial charge in [0.25, 0.3) is 0 Å². The summed E-state index contributed by atoms with van der Waals surface area (Å²) in [5.41, 5.74) is 2.33. The summed E-state index contributed by atoms with van der Waals surface area (Å²) < 4.78 is 0.938. The third kappa shape index (κ3) is 2.71. The van der Waals surface area contributed by atoms with E-state index in [9.17, 15) is 0 Å². The van der Waals surface area contributed by atoms with Gasteiger partial charge < -0.3 is 5.32 Å². The zero-order chi connectivity index (χ0) is 10.8. The Morgan fingerprint density at radius 2 is 2.33 bits per heavy atom. The molecule has 2 rings (SSSR count). The predicted octanol–water partition coefficient (Wildman–Crippen LogP) is 3.75. The van der Waals surface area contributed by atoms with E-state index in [-0.39, 0.29) is 0 Å². The van der Waals surface area contributed by atoms with E-state index in [1.165, 1.54) is 24.8 Å². The summed E-state index contributed by atoms with van der Waals surface area (Å²) in [4.78, 5) is 4.30. The van der Waals surface area contributed by atoms with Gasteiger partial charge >= 0.3 is 0 Å². The zero-order valence-electron chi connectivity index (χ0n) is 9.26. The van der Waals surface area contributed by atoms with Crippen LogP contribution >= 0.6 is 15.9 Å². The van der Waals surface area contributed by atoms with Crippen molar-refractivity contribution in [2.75, 3.05) is 5.32 Å². The summed E-state index contributed by atoms with van der Waals surface area (Å²) in [7, 11) is 0. The van der Waals surface area contributed by atoms with Crippen molar-refractivity contribution in [3.63, 3.8) is 0 Å². The Morgan fingerprint density at radius 3 is 2.87 bits per heavy atom. The van der Waals surface area contributed by atoms with Gasteiger partial charge in [0.15, 0.2) is 0 Å². The molecule has 1 fully saturated rings. The molecule has 0 radical (unpaired) electrons. The smallest absolute Gasteiger partial charge is 0.109 e. The van der Waals surface area contributed by atoms with Crippen LogP contribution in [0.1, 0.15) is 31.7 Å². The van der Waals surface area contributed by atoms with Crippen LogP contribution in [0.15, 0.2) is 16.9 Å². The highest BCUT2D eigenvalue weighted by molar-refractivity contribution is 9.10. The average Bonchev–Trinajstić information content (AvgIpc) is 3.03. The van der Waals surface area contributed by atoms with Crippen molar-refractivity contribution in [2.45, 2.75) is 39.2 Å². The maximum absolute atomic E-state index is 4.30. The molecule has 2 nitrogen and oxygen atoms in total. The van der Waals surface area contributed by atoms with Crippen LogP contribution in [-0.4, -0.2) is 11.0 Å². The molecule has 3 heteroatoms. The van der Waals surface area contributed by atoms with Gasteiger partial charge in [0.1, 0.15) is 4.60 Å². The molecule has 0 spiro atoms. The molecule has 0 bridgehead atoms. The Labute approximate surface area is 99.6 Å². The van der Waals surface area contributed by atoms with Crippen LogP contribution in [-0.2, 0) is 0 Å². The Balaban J connectivity index is 2.05. The van der Waals surface area contributed by atoms with Crippen molar-refractivity contribution >= 4 is 21.6 Å². The molecular weight excluding hydrogens is 252 g/mol. The number of halogens is 1. The van der Waals surface area contributed by atoms with Crippen LogP contribution in [0.25, 0.3) is 0 Å². The van der Waals surface area contributed by atoms with E-state index < -0.39 is 0 Å². The molecule has 0 aromatic carbocycles. The summed E-state index contributed by atoms with van der Waals surface area (Å²) in [6.45, 7) is 4.31. The fraction of sp³-hybridized carbons (Fsp3) is 0.583. The summed E-state index contributed by atoms with van der Waals surface area (Å²) in [5.74, 6) is 0.888. The molecule has 1 unspecified atom stereocenters. The van der Waals surface area contributed by atoms with Gasteiger partial charge in [-0.25, -0.2) is 4.98 Å². The number of pyridine rings is 1. The fourth-order valence-electron chi connectivity index (χ4n) is 1.90. The van der Waals surface area contributed by atoms with Crippen LogP contribution in [0.2, 0.25) is 0 Å². The molecule has 1 N–H and O–H groups in total. The van der Waals surface area contributed by atoms with Crippen molar-refractivity contribution < 1.29 is 0 Å². The first-order valence-corrected chi connectivity index (χ1v) is 6.38. The summed E-state index contributed by atoms with van der Waals surface area (Å²) >= 11 is 3.42. The first-order chi connectivity index (χ1) is 7.20. The van der Waals surface area contributed by atoms with Crippen molar-refractivity contribution in [3.8, 4) is 0 Å². The number of nitrogens with one attached hydrogen (secondary N) is 1. The molecule has 1 saturated carbocycles. The number of aryl methyl sites for hydroxylation is 1. The Hall–Kier alpha value is -0.570. The lowest BCUT2D eigenvalue weighted by atomic mass is 10.1. The Kier molecular flexibility index (Phi) is 3.29. The van der Waals surface area contributed by atoms with Gasteiger partial charge in [-0.3, -0.25) is 0 Å². The molecule has 1 heterocycles. The zero-order valence-corrected chi connectivity index (χ0v) is 10.8. The predicted molar refractivity (Wildman–Crippen MR) is 67.1 cm³/mol. The quantitative estimate of drug-likeness (QED) is 0.842. The molecule has 0 aliphatic heterocycles. The van der Waals surface area contributed by atoms with E-state index in [0.717, 1.165) is 16.2 Å². The summed E-state index contributed by atoms with van der Waals surface area (Å²) in [6, 6.07) is 2.79. The van der Waals surface area contributed by atoms with Gasteiger partial charge in [-0.05, 0) is 59.7 Å². The van der Waals surface area contributed by atoms with Crippen molar-refractivity contribution in [1.29, 1.82) is 0 Å². The van der Waals surface area contributed by atoms with E-state index in [1.807, 2.05) is 6.20 Å². The standard InChI is InChI=1S/C12H17BrN2/c1-3-11(9-4-5-9)15-10-6-8(2)12(13)14-7-10/h6-7,9,11,15H,3-5H2,1-2H3. The van der Waals surface area contributed by atoms with Gasteiger partial charge in [-0.15, -0.1) is 0 Å². The highest BCUT2D eigenvalue weighted by Crippen LogP contribution is 2.35. The minimum Gasteiger partial charge on any atom is -0.381 e. The molecule has 1 aliphatic rings. The normalized spacial score (nSPS) is 17.5. The third-order valence-corrected chi connectivity index (χ3v) is 3.83. The Morgan fingerprint density at radius 1 is 1.60 bits per heavy atom. The van der Waals surface area contributed by atoms with E-state index >= 15 is 0 Å². The molecule has 82 valence electrons. The van der Waals surface area contributed by atoms with Crippen LogP contribution in [0, 0.1) is 12.8 Å². The monoisotopic (exact) mass is 268 g/mol. The van der Waals surface area contributed by atoms with Crippen LogP contribution in [0.3, 0.4) is 0 Å². The van der Waals surface area contributed by atoms with Gasteiger partial charge in [-0.2, -0.15) is 0 Å². The van der Waals surface area contributed by atoms with Crippen LogP contribution in [0.5, 0.6) is 0 Å². The topological polar surface area (TPSA) is 24.9 Å². The van der Waals surface area contributed by atoms with E-state index in [2.05, 4.69) is 46.1 Å². The first-order valence-electron chi connectivity index (χ1n) is 5.59. The van der Waals surface area contributed by atoms with E-state index in [4.69, 9.17) is 0 Å². The maximum Gasteiger partial charge on any atom is 0.109 e. The summed E-state index contributed by atoms with van der Waals surface area (Å²) in [6.07, 6.45) is 5.87. The van der Waals surface area contributed by atoms with Crippen LogP contribution in [0.4, 0.5) is 5.69 Å². The second-order valence-electron chi connectivity index (χ2n) is 4.33. The summed E-state index contributed by atoms with van der Waals surface area (Å²) in [5, 5.41) is 3.58. The van der Waals surface area contributed by atoms with Gasteiger partial charge in [0, 0.05) is 6.04 Å². The van der Waals surface area contributed by atoms with E-state index in [1.54, 1.807) is 0 Å². The lowest BCUT2D eigenvalue weighted by molar-refractivity contribution is 0.616. The highest BCUT2D eigenvalue weighted by Gasteiger charge is 2.29. The lowest BCUT2D eigenvalue weighted by Gasteiger charge is -2.17. The molecular formula is C12H17BrN2. The van der Waals surface area contributed by atoms with Gasteiger partial charge in [0.05, 0.1) is 11.9 Å². The molecule has 1 aliphatic carbocycles. The van der Waals surface area contributed by atoms with Crippen molar-refractivity contribution in [1.82, 2.24) is 4.98 Å². The molecule has 0 saturated heterocycles. The molecule has 1 aromatic rings. The third-order valence-electron chi connectivity index (χ3n) is 3.00. The minimum atomic E-state index is 0.632. The second kappa shape index (κ2) is 4.52. The van der Waals surface area contributed by atoms with E-state index in [0.29, 0.717) is 6.04 Å². The largest absolute Gasteiger partial charge is 0.381 e. The number of nitrogens with zero attached hydrogens (tertiary/aromatic N) is 1.